The van der Waals surface area contributed by atoms with Crippen LogP contribution in [0.15, 0.2) is 42.5 Å². The Kier molecular flexibility index (Phi) is 6.20. The van der Waals surface area contributed by atoms with E-state index in [1.807, 2.05) is 24.3 Å². The molecule has 3 aromatic rings. The fraction of sp³-hybridized carbons (Fsp3) is 0.238. The summed E-state index contributed by atoms with van der Waals surface area (Å²) in [4.78, 5) is 28.5. The first-order valence-electron chi connectivity index (χ1n) is 9.32. The van der Waals surface area contributed by atoms with Crippen molar-refractivity contribution in [3.63, 3.8) is 0 Å². The number of nitrogens with one attached hydrogen (secondary N) is 2. The number of amides is 2. The molecular formula is C21H21F2N5O2. The van der Waals surface area contributed by atoms with Gasteiger partial charge in [-0.2, -0.15) is 0 Å². The minimum absolute atomic E-state index is 0.0771. The highest BCUT2D eigenvalue weighted by molar-refractivity contribution is 5.97. The molecule has 2 aromatic carbocycles. The Morgan fingerprint density at radius 3 is 2.53 bits per heavy atom. The lowest BCUT2D eigenvalue weighted by molar-refractivity contribution is -0.115. The number of hydrogen-bond acceptors (Lipinski definition) is 4. The van der Waals surface area contributed by atoms with E-state index >= 15 is 0 Å². The second-order valence-electron chi connectivity index (χ2n) is 6.97. The summed E-state index contributed by atoms with van der Waals surface area (Å²) in [6.45, 7) is 5.47. The van der Waals surface area contributed by atoms with Crippen LogP contribution in [0.1, 0.15) is 41.8 Å². The number of rotatable bonds is 6. The van der Waals surface area contributed by atoms with Gasteiger partial charge >= 0.3 is 0 Å². The summed E-state index contributed by atoms with van der Waals surface area (Å²) in [5.41, 5.74) is 1.97. The summed E-state index contributed by atoms with van der Waals surface area (Å²) in [7, 11) is 0. The number of carbonyl (C=O) groups excluding carboxylic acids is 2. The third kappa shape index (κ3) is 4.68. The molecule has 3 rings (SSSR count). The Morgan fingerprint density at radius 2 is 1.83 bits per heavy atom. The smallest absolute Gasteiger partial charge is 0.291 e. The van der Waals surface area contributed by atoms with Crippen molar-refractivity contribution in [3.8, 4) is 5.69 Å². The van der Waals surface area contributed by atoms with Crippen molar-refractivity contribution < 1.29 is 18.4 Å². The van der Waals surface area contributed by atoms with Crippen LogP contribution in [-0.4, -0.2) is 33.1 Å². The summed E-state index contributed by atoms with van der Waals surface area (Å²) < 4.78 is 27.7. The van der Waals surface area contributed by atoms with Crippen molar-refractivity contribution in [3.05, 3.63) is 71.3 Å². The maximum absolute atomic E-state index is 13.2. The largest absolute Gasteiger partial charge is 0.340 e. The summed E-state index contributed by atoms with van der Waals surface area (Å²) in [5.74, 6) is -2.62. The van der Waals surface area contributed by atoms with Crippen LogP contribution in [0.25, 0.3) is 5.69 Å². The summed E-state index contributed by atoms with van der Waals surface area (Å²) in [6.07, 6.45) is 0. The third-order valence-corrected chi connectivity index (χ3v) is 4.37. The maximum Gasteiger partial charge on any atom is 0.291 e. The highest BCUT2D eigenvalue weighted by Crippen LogP contribution is 2.23. The van der Waals surface area contributed by atoms with E-state index in [0.29, 0.717) is 5.82 Å². The number of aryl methyl sites for hydroxylation is 1. The molecule has 0 bridgehead atoms. The van der Waals surface area contributed by atoms with Gasteiger partial charge in [-0.3, -0.25) is 9.59 Å². The van der Waals surface area contributed by atoms with Crippen LogP contribution in [0.3, 0.4) is 0 Å². The quantitative estimate of drug-likeness (QED) is 0.649. The second kappa shape index (κ2) is 8.81. The number of aromatic nitrogens is 3. The molecule has 2 N–H and O–H groups in total. The van der Waals surface area contributed by atoms with Gasteiger partial charge in [-0.1, -0.05) is 32.0 Å². The highest BCUT2D eigenvalue weighted by atomic mass is 19.2. The zero-order valence-corrected chi connectivity index (χ0v) is 16.7. The Hall–Kier alpha value is -3.62. The van der Waals surface area contributed by atoms with Crippen molar-refractivity contribution in [1.29, 1.82) is 0 Å². The van der Waals surface area contributed by atoms with Gasteiger partial charge in [0.2, 0.25) is 11.7 Å². The lowest BCUT2D eigenvalue weighted by Gasteiger charge is -2.12. The molecule has 0 saturated carbocycles. The topological polar surface area (TPSA) is 88.9 Å². The second-order valence-corrected chi connectivity index (χ2v) is 6.97. The van der Waals surface area contributed by atoms with Gasteiger partial charge in [0.25, 0.3) is 5.91 Å². The maximum atomic E-state index is 13.2. The predicted octanol–water partition coefficient (Wildman–Crippen LogP) is 3.35. The van der Waals surface area contributed by atoms with E-state index in [1.165, 1.54) is 6.07 Å². The van der Waals surface area contributed by atoms with Gasteiger partial charge in [0.1, 0.15) is 5.82 Å². The standard InChI is InChI=1S/C21H21F2N5O2/c1-12(2)15-6-4-5-7-18(15)28-13(3)25-20(27-28)21(30)24-11-19(29)26-14-8-9-16(22)17(23)10-14/h4-10,12H,11H2,1-3H3,(H,24,30)(H,26,29). The number of carbonyl (C=O) groups is 2. The molecule has 7 nitrogen and oxygen atoms in total. The monoisotopic (exact) mass is 413 g/mol. The Morgan fingerprint density at radius 1 is 1.10 bits per heavy atom. The zero-order valence-electron chi connectivity index (χ0n) is 16.7. The molecule has 0 unspecified atom stereocenters. The van der Waals surface area contributed by atoms with Gasteiger partial charge in [-0.05, 0) is 36.6 Å². The van der Waals surface area contributed by atoms with E-state index in [4.69, 9.17) is 0 Å². The molecule has 0 fully saturated rings. The van der Waals surface area contributed by atoms with E-state index in [2.05, 4.69) is 34.6 Å². The molecule has 1 heterocycles. The number of halogens is 2. The Labute approximate surface area is 172 Å². The van der Waals surface area contributed by atoms with Crippen molar-refractivity contribution in [2.24, 2.45) is 0 Å². The van der Waals surface area contributed by atoms with E-state index < -0.39 is 23.4 Å². The Balaban J connectivity index is 1.67. The number of anilines is 1. The number of hydrogen-bond donors (Lipinski definition) is 2. The molecule has 9 heteroatoms. The molecule has 0 spiro atoms. The molecule has 0 aliphatic carbocycles. The highest BCUT2D eigenvalue weighted by Gasteiger charge is 2.18. The van der Waals surface area contributed by atoms with E-state index in [1.54, 1.807) is 11.6 Å². The number of nitrogens with zero attached hydrogens (tertiary/aromatic N) is 3. The first kappa shape index (κ1) is 21.1. The molecule has 1 aromatic heterocycles. The van der Waals surface area contributed by atoms with Crippen molar-refractivity contribution in [1.82, 2.24) is 20.1 Å². The molecule has 156 valence electrons. The molecule has 2 amide bonds. The molecule has 0 atom stereocenters. The van der Waals surface area contributed by atoms with Gasteiger partial charge in [-0.25, -0.2) is 18.4 Å². The van der Waals surface area contributed by atoms with Crippen LogP contribution >= 0.6 is 0 Å². The first-order valence-corrected chi connectivity index (χ1v) is 9.32. The van der Waals surface area contributed by atoms with Crippen LogP contribution in [0.2, 0.25) is 0 Å². The fourth-order valence-electron chi connectivity index (χ4n) is 2.90. The van der Waals surface area contributed by atoms with Gasteiger partial charge in [0, 0.05) is 11.8 Å². The first-order chi connectivity index (χ1) is 14.3. The lowest BCUT2D eigenvalue weighted by atomic mass is 10.0. The van der Waals surface area contributed by atoms with Crippen molar-refractivity contribution >= 4 is 17.5 Å². The van der Waals surface area contributed by atoms with Crippen LogP contribution in [0, 0.1) is 18.6 Å². The Bertz CT molecular complexity index is 1090. The zero-order chi connectivity index (χ0) is 21.8. The van der Waals surface area contributed by atoms with Gasteiger partial charge in [0.05, 0.1) is 12.2 Å². The molecule has 0 aliphatic heterocycles. The van der Waals surface area contributed by atoms with E-state index in [-0.39, 0.29) is 24.0 Å². The summed E-state index contributed by atoms with van der Waals surface area (Å²) in [6, 6.07) is 10.7. The fourth-order valence-corrected chi connectivity index (χ4v) is 2.90. The van der Waals surface area contributed by atoms with Crippen LogP contribution in [0.4, 0.5) is 14.5 Å². The minimum atomic E-state index is -1.08. The molecule has 0 saturated heterocycles. The average molecular weight is 413 g/mol. The molecule has 30 heavy (non-hydrogen) atoms. The van der Waals surface area contributed by atoms with E-state index in [9.17, 15) is 18.4 Å². The average Bonchev–Trinajstić information content (AvgIpc) is 3.10. The van der Waals surface area contributed by atoms with Crippen LogP contribution in [0.5, 0.6) is 0 Å². The SMILES string of the molecule is Cc1nc(C(=O)NCC(=O)Nc2ccc(F)c(F)c2)nn1-c1ccccc1C(C)C. The lowest BCUT2D eigenvalue weighted by Crippen LogP contribution is -2.33. The number of para-hydroxylation sites is 1. The van der Waals surface area contributed by atoms with Gasteiger partial charge in [0.15, 0.2) is 11.6 Å². The number of benzene rings is 2. The minimum Gasteiger partial charge on any atom is -0.340 e. The predicted molar refractivity (Wildman–Crippen MR) is 108 cm³/mol. The van der Waals surface area contributed by atoms with Crippen LogP contribution < -0.4 is 10.6 Å². The van der Waals surface area contributed by atoms with Gasteiger partial charge < -0.3 is 10.6 Å². The summed E-state index contributed by atoms with van der Waals surface area (Å²) in [5, 5.41) is 9.07. The normalized spacial score (nSPS) is 10.9. The summed E-state index contributed by atoms with van der Waals surface area (Å²) >= 11 is 0. The molecule has 0 radical (unpaired) electrons. The molecular weight excluding hydrogens is 392 g/mol. The third-order valence-electron chi connectivity index (χ3n) is 4.37. The van der Waals surface area contributed by atoms with Crippen LogP contribution in [-0.2, 0) is 4.79 Å². The van der Waals surface area contributed by atoms with Crippen molar-refractivity contribution in [2.75, 3.05) is 11.9 Å². The van der Waals surface area contributed by atoms with E-state index in [0.717, 1.165) is 23.4 Å². The van der Waals surface area contributed by atoms with Crippen molar-refractivity contribution in [2.45, 2.75) is 26.7 Å². The molecule has 0 aliphatic rings. The van der Waals surface area contributed by atoms with Gasteiger partial charge in [-0.15, -0.1) is 5.10 Å².